The molecule has 2 saturated heterocycles. The van der Waals surface area contributed by atoms with Crippen LogP contribution in [0.1, 0.15) is 25.7 Å². The summed E-state index contributed by atoms with van der Waals surface area (Å²) in [6.45, 7) is -0.0605. The average Bonchev–Trinajstić information content (AvgIpc) is 2.56. The molecule has 2 heterocycles. The Hall–Kier alpha value is -0.620. The Morgan fingerprint density at radius 1 is 1.32 bits per heavy atom. The number of hydrogen-bond acceptors (Lipinski definition) is 5. The SMILES string of the molecule is O=C(CBr)OCOC1C2CC3CC(C2)C(=O)OC1C3. The molecule has 0 aromatic carbocycles. The van der Waals surface area contributed by atoms with Crippen LogP contribution in [0.4, 0.5) is 0 Å². The van der Waals surface area contributed by atoms with Crippen LogP contribution in [-0.2, 0) is 23.8 Å². The number of hydrogen-bond donors (Lipinski definition) is 0. The van der Waals surface area contributed by atoms with Gasteiger partial charge < -0.3 is 14.2 Å². The standard InChI is InChI=1S/C13H17BrO5/c14-5-11(15)17-6-18-12-8-1-7-2-9(4-8)13(16)19-10(12)3-7/h7-10,12H,1-6H2. The molecule has 2 saturated carbocycles. The minimum atomic E-state index is -0.348. The van der Waals surface area contributed by atoms with E-state index >= 15 is 0 Å². The van der Waals surface area contributed by atoms with Crippen molar-refractivity contribution in [1.82, 2.24) is 0 Å². The number of esters is 2. The van der Waals surface area contributed by atoms with E-state index in [1.165, 1.54) is 0 Å². The molecule has 0 spiro atoms. The van der Waals surface area contributed by atoms with Crippen LogP contribution in [0.5, 0.6) is 0 Å². The van der Waals surface area contributed by atoms with Crippen molar-refractivity contribution < 1.29 is 23.8 Å². The molecule has 4 aliphatic rings. The third kappa shape index (κ3) is 2.65. The van der Waals surface area contributed by atoms with Crippen molar-refractivity contribution in [3.63, 3.8) is 0 Å². The van der Waals surface area contributed by atoms with Gasteiger partial charge in [0.25, 0.3) is 0 Å². The fourth-order valence-corrected chi connectivity index (χ4v) is 3.89. The van der Waals surface area contributed by atoms with Crippen LogP contribution in [0.15, 0.2) is 0 Å². The maximum Gasteiger partial charge on any atom is 0.318 e. The third-order valence-electron chi connectivity index (χ3n) is 4.43. The molecule has 0 aromatic heterocycles. The van der Waals surface area contributed by atoms with Crippen LogP contribution in [0.25, 0.3) is 0 Å². The Labute approximate surface area is 120 Å². The molecule has 5 unspecified atom stereocenters. The van der Waals surface area contributed by atoms with Crippen LogP contribution in [0.2, 0.25) is 0 Å². The molecule has 0 amide bonds. The van der Waals surface area contributed by atoms with Crippen molar-refractivity contribution in [3.8, 4) is 0 Å². The van der Waals surface area contributed by atoms with Crippen molar-refractivity contribution in [2.75, 3.05) is 12.1 Å². The third-order valence-corrected chi connectivity index (χ3v) is 4.89. The Balaban J connectivity index is 1.63. The summed E-state index contributed by atoms with van der Waals surface area (Å²) in [7, 11) is 0. The van der Waals surface area contributed by atoms with Crippen LogP contribution in [0.3, 0.4) is 0 Å². The summed E-state index contributed by atoms with van der Waals surface area (Å²) in [6.07, 6.45) is 3.52. The van der Waals surface area contributed by atoms with E-state index in [1.54, 1.807) is 0 Å². The van der Waals surface area contributed by atoms with Gasteiger partial charge in [0.2, 0.25) is 0 Å². The van der Waals surface area contributed by atoms with E-state index in [2.05, 4.69) is 15.9 Å². The highest BCUT2D eigenvalue weighted by Crippen LogP contribution is 2.48. The Bertz CT molecular complexity index is 385. The molecule has 106 valence electrons. The highest BCUT2D eigenvalue weighted by Gasteiger charge is 2.50. The van der Waals surface area contributed by atoms with Gasteiger partial charge in [0.15, 0.2) is 6.79 Å². The minimum absolute atomic E-state index is 0.0486. The second-order valence-corrected chi connectivity index (χ2v) is 6.20. The molecule has 4 rings (SSSR count). The number of rotatable bonds is 4. The molecule has 6 heteroatoms. The van der Waals surface area contributed by atoms with Crippen molar-refractivity contribution in [1.29, 1.82) is 0 Å². The highest BCUT2D eigenvalue weighted by atomic mass is 79.9. The first-order valence-corrected chi connectivity index (χ1v) is 7.83. The summed E-state index contributed by atoms with van der Waals surface area (Å²) in [4.78, 5) is 22.9. The highest BCUT2D eigenvalue weighted by molar-refractivity contribution is 9.09. The fourth-order valence-electron chi connectivity index (χ4n) is 3.72. The smallest absolute Gasteiger partial charge is 0.318 e. The summed E-state index contributed by atoms with van der Waals surface area (Å²) >= 11 is 3.02. The quantitative estimate of drug-likeness (QED) is 0.445. The molecule has 0 radical (unpaired) electrons. The van der Waals surface area contributed by atoms with E-state index < -0.39 is 0 Å². The maximum atomic E-state index is 11.9. The molecule has 5 atom stereocenters. The van der Waals surface area contributed by atoms with Gasteiger partial charge in [-0.15, -0.1) is 0 Å². The van der Waals surface area contributed by atoms with E-state index in [0.717, 1.165) is 25.7 Å². The number of fused-ring (bicyclic) bond motifs is 1. The zero-order valence-corrected chi connectivity index (χ0v) is 12.1. The van der Waals surface area contributed by atoms with Gasteiger partial charge in [0.05, 0.1) is 5.92 Å². The maximum absolute atomic E-state index is 11.9. The molecule has 0 aromatic rings. The molecular weight excluding hydrogens is 316 g/mol. The first kappa shape index (κ1) is 13.4. The monoisotopic (exact) mass is 332 g/mol. The first-order valence-electron chi connectivity index (χ1n) is 6.71. The summed E-state index contributed by atoms with van der Waals surface area (Å²) in [5, 5.41) is 0.160. The molecule has 2 aliphatic heterocycles. The van der Waals surface area contributed by atoms with E-state index in [4.69, 9.17) is 14.2 Å². The Morgan fingerprint density at radius 2 is 2.16 bits per heavy atom. The average molecular weight is 333 g/mol. The zero-order valence-electron chi connectivity index (χ0n) is 10.5. The molecule has 4 fully saturated rings. The summed E-state index contributed by atoms with van der Waals surface area (Å²) in [5.41, 5.74) is 0. The summed E-state index contributed by atoms with van der Waals surface area (Å²) in [5.74, 6) is 0.577. The fraction of sp³-hybridized carbons (Fsp3) is 0.846. The van der Waals surface area contributed by atoms with Crippen molar-refractivity contribution >= 4 is 27.9 Å². The van der Waals surface area contributed by atoms with E-state index in [1.807, 2.05) is 0 Å². The number of alkyl halides is 1. The van der Waals surface area contributed by atoms with Crippen molar-refractivity contribution in [2.45, 2.75) is 37.9 Å². The number of carbonyl (C=O) groups is 2. The largest absolute Gasteiger partial charge is 0.459 e. The molecule has 2 aliphatic carbocycles. The molecule has 19 heavy (non-hydrogen) atoms. The van der Waals surface area contributed by atoms with E-state index in [9.17, 15) is 9.59 Å². The van der Waals surface area contributed by atoms with Gasteiger partial charge in [0, 0.05) is 0 Å². The van der Waals surface area contributed by atoms with Gasteiger partial charge in [0.1, 0.15) is 17.5 Å². The van der Waals surface area contributed by atoms with Crippen LogP contribution in [-0.4, -0.2) is 36.3 Å². The minimum Gasteiger partial charge on any atom is -0.459 e. The Morgan fingerprint density at radius 3 is 2.95 bits per heavy atom. The van der Waals surface area contributed by atoms with Gasteiger partial charge in [-0.3, -0.25) is 9.59 Å². The van der Waals surface area contributed by atoms with Crippen LogP contribution in [0, 0.1) is 17.8 Å². The predicted octanol–water partition coefficient (Wildman–Crippen LogP) is 1.63. The number of carbonyl (C=O) groups excluding carboxylic acids is 2. The van der Waals surface area contributed by atoms with Crippen LogP contribution < -0.4 is 0 Å². The van der Waals surface area contributed by atoms with Gasteiger partial charge in [-0.05, 0) is 37.5 Å². The van der Waals surface area contributed by atoms with Crippen molar-refractivity contribution in [3.05, 3.63) is 0 Å². The summed E-state index contributed by atoms with van der Waals surface area (Å²) in [6, 6.07) is 0. The second-order valence-electron chi connectivity index (χ2n) is 5.64. The lowest BCUT2D eigenvalue weighted by Gasteiger charge is -2.41. The Kier molecular flexibility index (Phi) is 3.80. The first-order chi connectivity index (χ1) is 9.17. The zero-order chi connectivity index (χ0) is 13.4. The molecular formula is C13H17BrO5. The van der Waals surface area contributed by atoms with E-state index in [0.29, 0.717) is 11.8 Å². The van der Waals surface area contributed by atoms with Gasteiger partial charge in [-0.1, -0.05) is 15.9 Å². The van der Waals surface area contributed by atoms with Crippen molar-refractivity contribution in [2.24, 2.45) is 17.8 Å². The van der Waals surface area contributed by atoms with Crippen LogP contribution >= 0.6 is 15.9 Å². The normalized spacial score (nSPS) is 39.8. The van der Waals surface area contributed by atoms with E-state index in [-0.39, 0.29) is 42.2 Å². The topological polar surface area (TPSA) is 61.8 Å². The summed E-state index contributed by atoms with van der Waals surface area (Å²) < 4.78 is 16.1. The molecule has 4 bridgehead atoms. The predicted molar refractivity (Wildman–Crippen MR) is 68.4 cm³/mol. The van der Waals surface area contributed by atoms with Gasteiger partial charge >= 0.3 is 11.9 Å². The lowest BCUT2D eigenvalue weighted by molar-refractivity contribution is -0.183. The second kappa shape index (κ2) is 5.40. The number of halogens is 1. The van der Waals surface area contributed by atoms with Gasteiger partial charge in [-0.25, -0.2) is 0 Å². The van der Waals surface area contributed by atoms with Gasteiger partial charge in [-0.2, -0.15) is 0 Å². The lowest BCUT2D eigenvalue weighted by Crippen LogP contribution is -2.44. The molecule has 0 N–H and O–H groups in total. The lowest BCUT2D eigenvalue weighted by atomic mass is 9.67. The molecule has 5 nitrogen and oxygen atoms in total. The number of ether oxygens (including phenoxy) is 3.